The summed E-state index contributed by atoms with van der Waals surface area (Å²) < 4.78 is 5.59. The van der Waals surface area contributed by atoms with Gasteiger partial charge < -0.3 is 20.1 Å². The Morgan fingerprint density at radius 3 is 2.56 bits per heavy atom. The van der Waals surface area contributed by atoms with Crippen molar-refractivity contribution in [3.63, 3.8) is 0 Å². The minimum Gasteiger partial charge on any atom is -0.389 e. The molecular formula is C22H31N3O2. The summed E-state index contributed by atoms with van der Waals surface area (Å²) in [5, 5.41) is 13.5. The number of rotatable bonds is 9. The van der Waals surface area contributed by atoms with E-state index in [1.165, 1.54) is 11.1 Å². The Hall–Kier alpha value is -2.37. The molecule has 0 fully saturated rings. The van der Waals surface area contributed by atoms with Gasteiger partial charge in [0.05, 0.1) is 25.9 Å². The molecule has 0 aliphatic rings. The Bertz CT molecular complexity index is 704. The lowest BCUT2D eigenvalue weighted by atomic mass is 10.1. The van der Waals surface area contributed by atoms with Crippen LogP contribution in [0.5, 0.6) is 0 Å². The summed E-state index contributed by atoms with van der Waals surface area (Å²) in [7, 11) is 2.01. The van der Waals surface area contributed by atoms with E-state index in [0.29, 0.717) is 13.2 Å². The highest BCUT2D eigenvalue weighted by Gasteiger charge is 2.10. The zero-order valence-electron chi connectivity index (χ0n) is 16.6. The van der Waals surface area contributed by atoms with Crippen molar-refractivity contribution >= 4 is 5.96 Å². The number of hydrogen-bond donors (Lipinski definition) is 2. The number of aliphatic imine (C=N–C) groups is 1. The number of hydrogen-bond acceptors (Lipinski definition) is 3. The average molecular weight is 370 g/mol. The molecule has 2 aromatic carbocycles. The van der Waals surface area contributed by atoms with Crippen LogP contribution in [0.2, 0.25) is 0 Å². The van der Waals surface area contributed by atoms with Crippen molar-refractivity contribution in [3.05, 3.63) is 71.3 Å². The Balaban J connectivity index is 1.85. The van der Waals surface area contributed by atoms with Crippen LogP contribution in [-0.2, 0) is 17.9 Å². The van der Waals surface area contributed by atoms with Crippen molar-refractivity contribution in [2.75, 3.05) is 26.7 Å². The van der Waals surface area contributed by atoms with E-state index in [0.717, 1.165) is 24.6 Å². The fraction of sp³-hybridized carbons (Fsp3) is 0.409. The molecule has 0 aliphatic heterocycles. The van der Waals surface area contributed by atoms with E-state index in [1.807, 2.05) is 56.4 Å². The number of aryl methyl sites for hydroxylation is 1. The molecule has 2 aromatic rings. The summed E-state index contributed by atoms with van der Waals surface area (Å²) in [6, 6.07) is 18.3. The molecule has 2 N–H and O–H groups in total. The summed E-state index contributed by atoms with van der Waals surface area (Å²) in [5.41, 5.74) is 3.62. The molecule has 1 atom stereocenters. The van der Waals surface area contributed by atoms with E-state index in [-0.39, 0.29) is 6.61 Å². The first-order chi connectivity index (χ1) is 13.1. The molecule has 5 heteroatoms. The number of aliphatic hydroxyl groups is 1. The monoisotopic (exact) mass is 369 g/mol. The summed E-state index contributed by atoms with van der Waals surface area (Å²) in [6.07, 6.45) is -0.630. The van der Waals surface area contributed by atoms with Crippen LogP contribution >= 0.6 is 0 Å². The fourth-order valence-corrected chi connectivity index (χ4v) is 2.72. The molecule has 5 nitrogen and oxygen atoms in total. The van der Waals surface area contributed by atoms with Crippen molar-refractivity contribution in [1.82, 2.24) is 10.2 Å². The van der Waals surface area contributed by atoms with Gasteiger partial charge in [-0.3, -0.25) is 4.99 Å². The fourth-order valence-electron chi connectivity index (χ4n) is 2.72. The molecule has 0 saturated heterocycles. The summed E-state index contributed by atoms with van der Waals surface area (Å²) >= 11 is 0. The standard InChI is InChI=1S/C22H31N3O2/c1-4-23-22(25(3)15-20-13-9-8-10-18(20)2)24-14-21(26)17-27-16-19-11-6-5-7-12-19/h5-13,21,26H,4,14-17H2,1-3H3,(H,23,24). The molecule has 0 radical (unpaired) electrons. The minimum absolute atomic E-state index is 0.263. The van der Waals surface area contributed by atoms with Crippen molar-refractivity contribution in [1.29, 1.82) is 0 Å². The van der Waals surface area contributed by atoms with E-state index in [9.17, 15) is 5.11 Å². The zero-order valence-corrected chi connectivity index (χ0v) is 16.6. The number of aliphatic hydroxyl groups excluding tert-OH is 1. The SMILES string of the molecule is CCNC(=NCC(O)COCc1ccccc1)N(C)Cc1ccccc1C. The highest BCUT2D eigenvalue weighted by Crippen LogP contribution is 2.09. The normalized spacial score (nSPS) is 12.7. The molecule has 0 aliphatic carbocycles. The van der Waals surface area contributed by atoms with Gasteiger partial charge in [0.1, 0.15) is 0 Å². The Labute approximate surface area is 162 Å². The maximum absolute atomic E-state index is 10.2. The van der Waals surface area contributed by atoms with Crippen LogP contribution in [0.1, 0.15) is 23.6 Å². The maximum Gasteiger partial charge on any atom is 0.194 e. The third-order valence-electron chi connectivity index (χ3n) is 4.24. The molecule has 0 heterocycles. The second kappa shape index (κ2) is 11.4. The van der Waals surface area contributed by atoms with E-state index in [4.69, 9.17) is 4.74 Å². The first kappa shape index (κ1) is 20.9. The van der Waals surface area contributed by atoms with Gasteiger partial charge in [-0.1, -0.05) is 54.6 Å². The van der Waals surface area contributed by atoms with Gasteiger partial charge in [0.15, 0.2) is 5.96 Å². The van der Waals surface area contributed by atoms with Crippen LogP contribution in [0.4, 0.5) is 0 Å². The summed E-state index contributed by atoms with van der Waals surface area (Å²) in [6.45, 7) is 6.75. The lowest BCUT2D eigenvalue weighted by molar-refractivity contribution is 0.0330. The van der Waals surface area contributed by atoms with Crippen LogP contribution in [0, 0.1) is 6.92 Å². The Morgan fingerprint density at radius 1 is 1.15 bits per heavy atom. The van der Waals surface area contributed by atoms with Crippen LogP contribution in [-0.4, -0.2) is 48.8 Å². The van der Waals surface area contributed by atoms with Crippen LogP contribution < -0.4 is 5.32 Å². The van der Waals surface area contributed by atoms with Crippen LogP contribution in [0.25, 0.3) is 0 Å². The third-order valence-corrected chi connectivity index (χ3v) is 4.24. The average Bonchev–Trinajstić information content (AvgIpc) is 2.67. The molecule has 0 spiro atoms. The molecule has 0 saturated carbocycles. The smallest absolute Gasteiger partial charge is 0.194 e. The third kappa shape index (κ3) is 7.41. The van der Waals surface area contributed by atoms with Crippen molar-refractivity contribution in [3.8, 4) is 0 Å². The lowest BCUT2D eigenvalue weighted by Crippen LogP contribution is -2.39. The molecule has 1 unspecified atom stereocenters. The molecule has 2 rings (SSSR count). The highest BCUT2D eigenvalue weighted by atomic mass is 16.5. The second-order valence-electron chi connectivity index (χ2n) is 6.63. The maximum atomic E-state index is 10.2. The molecule has 0 aromatic heterocycles. The molecule has 0 bridgehead atoms. The van der Waals surface area contributed by atoms with E-state index >= 15 is 0 Å². The van der Waals surface area contributed by atoms with Gasteiger partial charge in [0.2, 0.25) is 0 Å². The molecule has 0 amide bonds. The van der Waals surface area contributed by atoms with Crippen LogP contribution in [0.3, 0.4) is 0 Å². The molecule has 146 valence electrons. The zero-order chi connectivity index (χ0) is 19.5. The number of nitrogens with zero attached hydrogens (tertiary/aromatic N) is 2. The van der Waals surface area contributed by atoms with Crippen molar-refractivity contribution in [2.24, 2.45) is 4.99 Å². The van der Waals surface area contributed by atoms with E-state index in [2.05, 4.69) is 34.3 Å². The van der Waals surface area contributed by atoms with Gasteiger partial charge in [-0.25, -0.2) is 0 Å². The van der Waals surface area contributed by atoms with Crippen LogP contribution in [0.15, 0.2) is 59.6 Å². The van der Waals surface area contributed by atoms with Gasteiger partial charge >= 0.3 is 0 Å². The van der Waals surface area contributed by atoms with Gasteiger partial charge in [-0.05, 0) is 30.5 Å². The highest BCUT2D eigenvalue weighted by molar-refractivity contribution is 5.79. The Morgan fingerprint density at radius 2 is 1.85 bits per heavy atom. The second-order valence-corrected chi connectivity index (χ2v) is 6.63. The lowest BCUT2D eigenvalue weighted by Gasteiger charge is -2.23. The van der Waals surface area contributed by atoms with Gasteiger partial charge in [0.25, 0.3) is 0 Å². The largest absolute Gasteiger partial charge is 0.389 e. The number of guanidine groups is 1. The van der Waals surface area contributed by atoms with Crippen molar-refractivity contribution in [2.45, 2.75) is 33.1 Å². The number of ether oxygens (including phenoxy) is 1. The van der Waals surface area contributed by atoms with Gasteiger partial charge in [-0.2, -0.15) is 0 Å². The predicted molar refractivity (Wildman–Crippen MR) is 111 cm³/mol. The van der Waals surface area contributed by atoms with Crippen molar-refractivity contribution < 1.29 is 9.84 Å². The molecular weight excluding hydrogens is 338 g/mol. The Kier molecular flexibility index (Phi) is 8.81. The topological polar surface area (TPSA) is 57.1 Å². The summed E-state index contributed by atoms with van der Waals surface area (Å²) in [4.78, 5) is 6.64. The number of nitrogens with one attached hydrogen (secondary N) is 1. The van der Waals surface area contributed by atoms with E-state index < -0.39 is 6.10 Å². The van der Waals surface area contributed by atoms with E-state index in [1.54, 1.807) is 0 Å². The molecule has 27 heavy (non-hydrogen) atoms. The van der Waals surface area contributed by atoms with Gasteiger partial charge in [0, 0.05) is 20.1 Å². The first-order valence-electron chi connectivity index (χ1n) is 9.43. The van der Waals surface area contributed by atoms with Gasteiger partial charge in [-0.15, -0.1) is 0 Å². The predicted octanol–water partition coefficient (Wildman–Crippen LogP) is 2.97. The quantitative estimate of drug-likeness (QED) is 0.527. The first-order valence-corrected chi connectivity index (χ1v) is 9.43. The summed E-state index contributed by atoms with van der Waals surface area (Å²) in [5.74, 6) is 0.780. The minimum atomic E-state index is -0.630. The number of benzene rings is 2.